The molecule has 6 heteroatoms. The second kappa shape index (κ2) is 17.5. The number of carbonyl (C=O) groups is 3. The molecule has 0 radical (unpaired) electrons. The molecule has 0 aliphatic rings. The van der Waals surface area contributed by atoms with Crippen LogP contribution in [0.1, 0.15) is 85.0 Å². The summed E-state index contributed by atoms with van der Waals surface area (Å²) in [6.07, 6.45) is 8.98. The molecule has 0 heterocycles. The minimum atomic E-state index is 0.227. The lowest BCUT2D eigenvalue weighted by atomic mass is 10.1. The summed E-state index contributed by atoms with van der Waals surface area (Å²) in [5.41, 5.74) is 0. The number of rotatable bonds is 15. The third kappa shape index (κ3) is 16.0. The van der Waals surface area contributed by atoms with E-state index in [1.165, 1.54) is 35.3 Å². The van der Waals surface area contributed by atoms with Crippen LogP contribution < -0.4 is 0 Å². The smallest absolute Gasteiger partial charge is 0.188 e. The Bertz CT molecular complexity index is 386. The zero-order valence-corrected chi connectivity index (χ0v) is 18.5. The van der Waals surface area contributed by atoms with Crippen LogP contribution in [-0.4, -0.2) is 32.1 Å². The Balaban J connectivity index is 3.94. The fourth-order valence-corrected chi connectivity index (χ4v) is 5.15. The minimum absolute atomic E-state index is 0.227. The van der Waals surface area contributed by atoms with Crippen LogP contribution in [0.25, 0.3) is 0 Å². The minimum Gasteiger partial charge on any atom is -0.287 e. The Labute approximate surface area is 166 Å². The van der Waals surface area contributed by atoms with Crippen LogP contribution in [0.2, 0.25) is 0 Å². The first-order valence-corrected chi connectivity index (χ1v) is 12.4. The van der Waals surface area contributed by atoms with Gasteiger partial charge >= 0.3 is 0 Å². The molecule has 3 nitrogen and oxygen atoms in total. The van der Waals surface area contributed by atoms with Crippen molar-refractivity contribution in [1.82, 2.24) is 0 Å². The molecule has 0 aromatic rings. The number of carbonyl (C=O) groups excluding carboxylic acids is 3. The van der Waals surface area contributed by atoms with Crippen molar-refractivity contribution in [1.29, 1.82) is 0 Å². The first-order valence-electron chi connectivity index (χ1n) is 9.54. The highest BCUT2D eigenvalue weighted by molar-refractivity contribution is 8.14. The Hall–Kier alpha value is 0.0600. The molecule has 1 unspecified atom stereocenters. The van der Waals surface area contributed by atoms with Gasteiger partial charge in [0.1, 0.15) is 0 Å². The molecule has 0 saturated carbocycles. The molecular weight excluding hydrogens is 372 g/mol. The fourth-order valence-electron chi connectivity index (χ4n) is 2.16. The summed E-state index contributed by atoms with van der Waals surface area (Å²) >= 11 is 4.30. The number of hydrogen-bond acceptors (Lipinski definition) is 6. The average molecular weight is 407 g/mol. The van der Waals surface area contributed by atoms with E-state index in [1.807, 2.05) is 13.8 Å². The van der Waals surface area contributed by atoms with Crippen molar-refractivity contribution in [3.8, 4) is 0 Å². The van der Waals surface area contributed by atoms with Gasteiger partial charge < -0.3 is 0 Å². The van der Waals surface area contributed by atoms with Crippen LogP contribution in [0.5, 0.6) is 0 Å². The van der Waals surface area contributed by atoms with Gasteiger partial charge in [-0.2, -0.15) is 0 Å². The summed E-state index contributed by atoms with van der Waals surface area (Å²) in [6, 6.07) is 0. The quantitative estimate of drug-likeness (QED) is 0.306. The molecule has 0 rings (SSSR count). The molecule has 0 fully saturated rings. The Morgan fingerprint density at radius 2 is 1.40 bits per heavy atom. The third-order valence-corrected chi connectivity index (χ3v) is 7.17. The van der Waals surface area contributed by atoms with Gasteiger partial charge in [-0.15, -0.1) is 0 Å². The van der Waals surface area contributed by atoms with Crippen LogP contribution in [0.4, 0.5) is 0 Å². The van der Waals surface area contributed by atoms with Gasteiger partial charge in [0.05, 0.1) is 0 Å². The fraction of sp³-hybridized carbons (Fsp3) is 0.842. The van der Waals surface area contributed by atoms with Crippen molar-refractivity contribution in [3.05, 3.63) is 0 Å². The number of unbranched alkanes of at least 4 members (excludes halogenated alkanes) is 3. The highest BCUT2D eigenvalue weighted by Gasteiger charge is 2.14. The first kappa shape index (κ1) is 25.1. The van der Waals surface area contributed by atoms with E-state index >= 15 is 0 Å². The van der Waals surface area contributed by atoms with Crippen molar-refractivity contribution < 1.29 is 14.4 Å². The maximum atomic E-state index is 11.7. The van der Waals surface area contributed by atoms with E-state index < -0.39 is 0 Å². The van der Waals surface area contributed by atoms with Crippen LogP contribution in [0, 0.1) is 0 Å². The molecule has 0 aromatic carbocycles. The molecule has 1 atom stereocenters. The monoisotopic (exact) mass is 406 g/mol. The lowest BCUT2D eigenvalue weighted by Crippen LogP contribution is -2.09. The summed E-state index contributed by atoms with van der Waals surface area (Å²) in [4.78, 5) is 34.8. The standard InChI is InChI=1S/C19H34O3S3/c1-4-7-14-23-19(22)12-10-8-9-11-16(25-18(21)6-3)13-15-24-17(20)5-2/h16H,4-15H2,1-3H3. The third-order valence-electron chi connectivity index (χ3n) is 3.75. The topological polar surface area (TPSA) is 51.2 Å². The lowest BCUT2D eigenvalue weighted by Gasteiger charge is -2.15. The Kier molecular flexibility index (Phi) is 17.5. The Morgan fingerprint density at radius 3 is 2.04 bits per heavy atom. The van der Waals surface area contributed by atoms with Gasteiger partial charge in [-0.3, -0.25) is 14.4 Å². The van der Waals surface area contributed by atoms with E-state index in [4.69, 9.17) is 0 Å². The molecule has 0 amide bonds. The number of hydrogen-bond donors (Lipinski definition) is 0. The van der Waals surface area contributed by atoms with Gasteiger partial charge in [0.25, 0.3) is 0 Å². The zero-order chi connectivity index (χ0) is 18.9. The van der Waals surface area contributed by atoms with Gasteiger partial charge in [0.2, 0.25) is 0 Å². The summed E-state index contributed by atoms with van der Waals surface area (Å²) in [5.74, 6) is 1.75. The van der Waals surface area contributed by atoms with Crippen LogP contribution in [0.15, 0.2) is 0 Å². The van der Waals surface area contributed by atoms with Crippen LogP contribution in [-0.2, 0) is 14.4 Å². The SMILES string of the molecule is CCCCSC(=O)CCCCCC(CCSC(=O)CC)SC(=O)CC. The molecule has 0 saturated heterocycles. The van der Waals surface area contributed by atoms with Crippen molar-refractivity contribution in [2.75, 3.05) is 11.5 Å². The first-order chi connectivity index (χ1) is 12.0. The van der Waals surface area contributed by atoms with Crippen molar-refractivity contribution in [3.63, 3.8) is 0 Å². The van der Waals surface area contributed by atoms with Gasteiger partial charge in [-0.25, -0.2) is 0 Å². The highest BCUT2D eigenvalue weighted by atomic mass is 32.2. The van der Waals surface area contributed by atoms with E-state index in [0.717, 1.165) is 56.5 Å². The molecule has 0 bridgehead atoms. The van der Waals surface area contributed by atoms with E-state index in [-0.39, 0.29) is 10.2 Å². The van der Waals surface area contributed by atoms with Crippen molar-refractivity contribution >= 4 is 50.6 Å². The molecule has 0 N–H and O–H groups in total. The van der Waals surface area contributed by atoms with Crippen molar-refractivity contribution in [2.45, 2.75) is 90.2 Å². The van der Waals surface area contributed by atoms with E-state index in [2.05, 4.69) is 6.92 Å². The molecule has 0 aliphatic heterocycles. The second-order valence-corrected chi connectivity index (χ2v) is 9.66. The van der Waals surface area contributed by atoms with E-state index in [1.54, 1.807) is 0 Å². The van der Waals surface area contributed by atoms with Crippen LogP contribution in [0.3, 0.4) is 0 Å². The maximum Gasteiger partial charge on any atom is 0.188 e. The molecule has 0 aromatic heterocycles. The largest absolute Gasteiger partial charge is 0.287 e. The summed E-state index contributed by atoms with van der Waals surface area (Å²) in [6.45, 7) is 5.91. The lowest BCUT2D eigenvalue weighted by molar-refractivity contribution is -0.111. The Morgan fingerprint density at radius 1 is 0.720 bits per heavy atom. The van der Waals surface area contributed by atoms with Crippen LogP contribution >= 0.6 is 35.3 Å². The highest BCUT2D eigenvalue weighted by Crippen LogP contribution is 2.25. The second-order valence-electron chi connectivity index (χ2n) is 6.00. The predicted molar refractivity (Wildman–Crippen MR) is 115 cm³/mol. The molecular formula is C19H34O3S3. The molecule has 0 spiro atoms. The van der Waals surface area contributed by atoms with Gasteiger partial charge in [0, 0.05) is 36.0 Å². The van der Waals surface area contributed by atoms with Gasteiger partial charge in [0.15, 0.2) is 15.3 Å². The molecule has 25 heavy (non-hydrogen) atoms. The molecule has 0 aliphatic carbocycles. The predicted octanol–water partition coefficient (Wildman–Crippen LogP) is 6.10. The maximum absolute atomic E-state index is 11.7. The van der Waals surface area contributed by atoms with Gasteiger partial charge in [-0.05, 0) is 25.7 Å². The van der Waals surface area contributed by atoms with Gasteiger partial charge in [-0.1, -0.05) is 75.3 Å². The number of thioether (sulfide) groups is 3. The summed E-state index contributed by atoms with van der Waals surface area (Å²) < 4.78 is 0. The molecule has 146 valence electrons. The normalized spacial score (nSPS) is 12.1. The summed E-state index contributed by atoms with van der Waals surface area (Å²) in [5, 5.41) is 1.08. The average Bonchev–Trinajstić information content (AvgIpc) is 2.60. The van der Waals surface area contributed by atoms with E-state index in [9.17, 15) is 14.4 Å². The summed E-state index contributed by atoms with van der Waals surface area (Å²) in [7, 11) is 0. The van der Waals surface area contributed by atoms with E-state index in [0.29, 0.717) is 29.6 Å². The van der Waals surface area contributed by atoms with Crippen molar-refractivity contribution in [2.24, 2.45) is 0 Å². The zero-order valence-electron chi connectivity index (χ0n) is 16.0.